The smallest absolute Gasteiger partial charge is 0.330 e. The second kappa shape index (κ2) is 11.0. The van der Waals surface area contributed by atoms with Gasteiger partial charge >= 0.3 is 5.97 Å². The Hall–Kier alpha value is -0.830. The maximum absolute atomic E-state index is 11.5. The van der Waals surface area contributed by atoms with Gasteiger partial charge in [-0.1, -0.05) is 32.3 Å². The molecule has 0 rings (SSSR count). The summed E-state index contributed by atoms with van der Waals surface area (Å²) >= 11 is 0. The number of carbonyl (C=O) groups excluding carboxylic acids is 1. The summed E-state index contributed by atoms with van der Waals surface area (Å²) in [5, 5.41) is 9.35. The highest BCUT2D eigenvalue weighted by molar-refractivity contribution is 5.82. The zero-order chi connectivity index (χ0) is 14.7. The summed E-state index contributed by atoms with van der Waals surface area (Å²) in [7, 11) is 0. The Bertz CT molecular complexity index is 267. The SMILES string of the molecule is CCCC(CO)CC(CCC)COC(=O)C=C(C)C. The molecule has 0 aromatic carbocycles. The van der Waals surface area contributed by atoms with Gasteiger partial charge in [0.25, 0.3) is 0 Å². The van der Waals surface area contributed by atoms with Gasteiger partial charge in [-0.25, -0.2) is 4.79 Å². The number of hydrogen-bond acceptors (Lipinski definition) is 3. The Kier molecular flexibility index (Phi) is 10.6. The van der Waals surface area contributed by atoms with Crippen molar-refractivity contribution in [3.05, 3.63) is 11.6 Å². The van der Waals surface area contributed by atoms with Crippen molar-refractivity contribution in [1.82, 2.24) is 0 Å². The van der Waals surface area contributed by atoms with Gasteiger partial charge in [-0.05, 0) is 44.9 Å². The lowest BCUT2D eigenvalue weighted by Gasteiger charge is -2.21. The average molecular weight is 270 g/mol. The van der Waals surface area contributed by atoms with Crippen LogP contribution < -0.4 is 0 Å². The topological polar surface area (TPSA) is 46.5 Å². The summed E-state index contributed by atoms with van der Waals surface area (Å²) in [6.45, 7) is 8.74. The van der Waals surface area contributed by atoms with Gasteiger partial charge in [-0.15, -0.1) is 0 Å². The molecule has 1 N–H and O–H groups in total. The van der Waals surface area contributed by atoms with E-state index >= 15 is 0 Å². The zero-order valence-electron chi connectivity index (χ0n) is 12.9. The molecular formula is C16H30O3. The summed E-state index contributed by atoms with van der Waals surface area (Å²) in [5.74, 6) is 0.448. The van der Waals surface area contributed by atoms with Gasteiger partial charge < -0.3 is 9.84 Å². The molecule has 112 valence electrons. The first-order chi connectivity index (χ1) is 9.03. The Balaban J connectivity index is 4.24. The van der Waals surface area contributed by atoms with Gasteiger partial charge in [0.05, 0.1) is 6.61 Å². The first-order valence-electron chi connectivity index (χ1n) is 7.45. The van der Waals surface area contributed by atoms with Gasteiger partial charge in [0.1, 0.15) is 0 Å². The average Bonchev–Trinajstić information content (AvgIpc) is 2.34. The Morgan fingerprint density at radius 2 is 1.74 bits per heavy atom. The van der Waals surface area contributed by atoms with E-state index in [9.17, 15) is 9.90 Å². The minimum Gasteiger partial charge on any atom is -0.462 e. The zero-order valence-corrected chi connectivity index (χ0v) is 12.9. The lowest BCUT2D eigenvalue weighted by molar-refractivity contribution is -0.139. The molecule has 0 fully saturated rings. The normalized spacial score (nSPS) is 13.7. The number of aliphatic hydroxyl groups is 1. The monoisotopic (exact) mass is 270 g/mol. The molecule has 0 aliphatic carbocycles. The standard InChI is InChI=1S/C16H30O3/c1-5-7-14(11-17)10-15(8-6-2)12-19-16(18)9-13(3)4/h9,14-15,17H,5-8,10-12H2,1-4H3. The molecule has 0 saturated carbocycles. The van der Waals surface area contributed by atoms with Crippen LogP contribution in [0.2, 0.25) is 0 Å². The summed E-state index contributed by atoms with van der Waals surface area (Å²) in [4.78, 5) is 11.5. The molecule has 0 radical (unpaired) electrons. The number of rotatable bonds is 10. The van der Waals surface area contributed by atoms with Crippen molar-refractivity contribution in [3.8, 4) is 0 Å². The molecule has 2 atom stereocenters. The Morgan fingerprint density at radius 3 is 2.21 bits per heavy atom. The van der Waals surface area contributed by atoms with Crippen LogP contribution in [0.25, 0.3) is 0 Å². The quantitative estimate of drug-likeness (QED) is 0.486. The minimum atomic E-state index is -0.253. The van der Waals surface area contributed by atoms with Crippen molar-refractivity contribution >= 4 is 5.97 Å². The molecule has 0 heterocycles. The fourth-order valence-electron chi connectivity index (χ4n) is 2.32. The predicted molar refractivity (Wildman–Crippen MR) is 78.9 cm³/mol. The number of aliphatic hydroxyl groups excluding tert-OH is 1. The van der Waals surface area contributed by atoms with E-state index in [4.69, 9.17) is 4.74 Å². The third-order valence-electron chi connectivity index (χ3n) is 3.19. The van der Waals surface area contributed by atoms with Crippen molar-refractivity contribution in [2.24, 2.45) is 11.8 Å². The number of allylic oxidation sites excluding steroid dienone is 1. The van der Waals surface area contributed by atoms with Crippen molar-refractivity contribution in [3.63, 3.8) is 0 Å². The molecule has 3 nitrogen and oxygen atoms in total. The number of esters is 1. The van der Waals surface area contributed by atoms with E-state index in [1.807, 2.05) is 13.8 Å². The molecule has 19 heavy (non-hydrogen) atoms. The molecule has 0 saturated heterocycles. The molecule has 2 unspecified atom stereocenters. The fourth-order valence-corrected chi connectivity index (χ4v) is 2.32. The Morgan fingerprint density at radius 1 is 1.16 bits per heavy atom. The summed E-state index contributed by atoms with van der Waals surface area (Å²) in [6.07, 6.45) is 6.72. The van der Waals surface area contributed by atoms with Crippen LogP contribution in [-0.2, 0) is 9.53 Å². The van der Waals surface area contributed by atoms with Gasteiger partial charge in [0.2, 0.25) is 0 Å². The van der Waals surface area contributed by atoms with Crippen LogP contribution in [0.1, 0.15) is 59.8 Å². The highest BCUT2D eigenvalue weighted by Gasteiger charge is 2.16. The maximum Gasteiger partial charge on any atom is 0.330 e. The van der Waals surface area contributed by atoms with Gasteiger partial charge in [0.15, 0.2) is 0 Å². The van der Waals surface area contributed by atoms with Crippen LogP contribution in [0.15, 0.2) is 11.6 Å². The maximum atomic E-state index is 11.5. The molecule has 0 aliphatic rings. The number of hydrogen-bond donors (Lipinski definition) is 1. The van der Waals surface area contributed by atoms with Gasteiger partial charge in [0, 0.05) is 12.7 Å². The molecule has 0 bridgehead atoms. The Labute approximate surface area is 118 Å². The van der Waals surface area contributed by atoms with Crippen LogP contribution in [0, 0.1) is 11.8 Å². The molecule has 0 spiro atoms. The number of carbonyl (C=O) groups is 1. The van der Waals surface area contributed by atoms with Crippen LogP contribution in [0.3, 0.4) is 0 Å². The van der Waals surface area contributed by atoms with E-state index in [0.29, 0.717) is 18.4 Å². The molecule has 3 heteroatoms. The van der Waals surface area contributed by atoms with E-state index in [2.05, 4.69) is 13.8 Å². The van der Waals surface area contributed by atoms with E-state index in [-0.39, 0.29) is 12.6 Å². The first-order valence-corrected chi connectivity index (χ1v) is 7.45. The van der Waals surface area contributed by atoms with Gasteiger partial charge in [-0.3, -0.25) is 0 Å². The fraction of sp³-hybridized carbons (Fsp3) is 0.812. The van der Waals surface area contributed by atoms with E-state index in [0.717, 1.165) is 37.7 Å². The minimum absolute atomic E-state index is 0.232. The predicted octanol–water partition coefficient (Wildman–Crippen LogP) is 3.71. The summed E-state index contributed by atoms with van der Waals surface area (Å²) in [6, 6.07) is 0. The second-order valence-corrected chi connectivity index (χ2v) is 5.58. The van der Waals surface area contributed by atoms with Crippen molar-refractivity contribution < 1.29 is 14.6 Å². The first kappa shape index (κ1) is 18.2. The van der Waals surface area contributed by atoms with E-state index in [1.165, 1.54) is 6.08 Å². The molecule has 0 aromatic rings. The van der Waals surface area contributed by atoms with Crippen molar-refractivity contribution in [1.29, 1.82) is 0 Å². The van der Waals surface area contributed by atoms with E-state index in [1.54, 1.807) is 0 Å². The van der Waals surface area contributed by atoms with E-state index < -0.39 is 0 Å². The summed E-state index contributed by atoms with van der Waals surface area (Å²) < 4.78 is 5.29. The lowest BCUT2D eigenvalue weighted by Crippen LogP contribution is -2.18. The molecule has 0 aliphatic heterocycles. The largest absolute Gasteiger partial charge is 0.462 e. The number of ether oxygens (including phenoxy) is 1. The van der Waals surface area contributed by atoms with Crippen LogP contribution >= 0.6 is 0 Å². The highest BCUT2D eigenvalue weighted by Crippen LogP contribution is 2.21. The summed E-state index contributed by atoms with van der Waals surface area (Å²) in [5.41, 5.74) is 0.955. The van der Waals surface area contributed by atoms with Crippen LogP contribution in [-0.4, -0.2) is 24.3 Å². The second-order valence-electron chi connectivity index (χ2n) is 5.58. The third-order valence-corrected chi connectivity index (χ3v) is 3.19. The molecule has 0 aromatic heterocycles. The highest BCUT2D eigenvalue weighted by atomic mass is 16.5. The van der Waals surface area contributed by atoms with Crippen LogP contribution in [0.5, 0.6) is 0 Å². The molecular weight excluding hydrogens is 240 g/mol. The van der Waals surface area contributed by atoms with Gasteiger partial charge in [-0.2, -0.15) is 0 Å². The third kappa shape index (κ3) is 9.71. The van der Waals surface area contributed by atoms with Crippen LogP contribution in [0.4, 0.5) is 0 Å². The molecule has 0 amide bonds. The van der Waals surface area contributed by atoms with Crippen molar-refractivity contribution in [2.75, 3.05) is 13.2 Å². The lowest BCUT2D eigenvalue weighted by atomic mass is 9.89. The van der Waals surface area contributed by atoms with Crippen molar-refractivity contribution in [2.45, 2.75) is 59.8 Å².